The molecule has 0 spiro atoms. The van der Waals surface area contributed by atoms with E-state index in [1.807, 2.05) is 6.20 Å². The van der Waals surface area contributed by atoms with E-state index in [9.17, 15) is 0 Å². The largest absolute Gasteiger partial charge is 0.457 e. The lowest BCUT2D eigenvalue weighted by atomic mass is 9.74. The maximum Gasteiger partial charge on any atom is 0.137 e. The normalized spacial score (nSPS) is 16.1. The molecule has 5 heteroatoms. The maximum atomic E-state index is 6.81. The first-order valence-corrected chi connectivity index (χ1v) is 19.6. The van der Waals surface area contributed by atoms with E-state index in [2.05, 4.69) is 136 Å². The molecule has 1 aliphatic carbocycles. The lowest BCUT2D eigenvalue weighted by Crippen LogP contribution is -2.18. The van der Waals surface area contributed by atoms with Crippen LogP contribution in [0.15, 0.2) is 97.2 Å². The van der Waals surface area contributed by atoms with Crippen molar-refractivity contribution >= 4 is 27.4 Å². The first-order chi connectivity index (χ1) is 25.3. The highest BCUT2D eigenvalue weighted by atomic mass is 16.5. The van der Waals surface area contributed by atoms with Crippen molar-refractivity contribution in [3.63, 3.8) is 0 Å². The van der Waals surface area contributed by atoms with Crippen LogP contribution in [0, 0.1) is 5.92 Å². The van der Waals surface area contributed by atoms with Gasteiger partial charge in [-0.1, -0.05) is 89.0 Å². The van der Waals surface area contributed by atoms with Crippen molar-refractivity contribution in [3.8, 4) is 23.0 Å². The highest BCUT2D eigenvalue weighted by molar-refractivity contribution is 6.09. The van der Waals surface area contributed by atoms with Gasteiger partial charge in [-0.05, 0) is 112 Å². The van der Waals surface area contributed by atoms with Crippen molar-refractivity contribution < 1.29 is 4.74 Å². The van der Waals surface area contributed by atoms with Crippen molar-refractivity contribution in [2.75, 3.05) is 0 Å². The second-order valence-corrected chi connectivity index (χ2v) is 15.0. The molecule has 0 radical (unpaired) electrons. The molecule has 0 N–H and O–H groups in total. The van der Waals surface area contributed by atoms with Crippen LogP contribution in [-0.2, 0) is 19.3 Å². The summed E-state index contributed by atoms with van der Waals surface area (Å²) >= 11 is 0. The number of hydrogen-bond donors (Lipinski definition) is 0. The zero-order valence-electron chi connectivity index (χ0n) is 32.0. The van der Waals surface area contributed by atoms with E-state index >= 15 is 0 Å². The number of benzene rings is 3. The van der Waals surface area contributed by atoms with Crippen molar-refractivity contribution in [3.05, 3.63) is 125 Å². The number of fused-ring (bicyclic) bond motifs is 3. The van der Waals surface area contributed by atoms with Gasteiger partial charge in [0.25, 0.3) is 0 Å². The molecule has 52 heavy (non-hydrogen) atoms. The summed E-state index contributed by atoms with van der Waals surface area (Å²) in [6.45, 7) is 17.9. The quantitative estimate of drug-likeness (QED) is 0.113. The Balaban J connectivity index is 1.34. The number of para-hydroxylation sites is 1. The van der Waals surface area contributed by atoms with Gasteiger partial charge in [0, 0.05) is 46.3 Å². The first kappa shape index (κ1) is 35.5. The first-order valence-electron chi connectivity index (χ1n) is 19.6. The number of unbranched alkanes of at least 4 members (excludes halogenated alkanes) is 1. The Morgan fingerprint density at radius 1 is 0.865 bits per heavy atom. The number of pyridine rings is 1. The van der Waals surface area contributed by atoms with E-state index in [0.29, 0.717) is 11.8 Å². The van der Waals surface area contributed by atoms with E-state index in [1.54, 1.807) is 0 Å². The molecule has 1 aliphatic rings. The van der Waals surface area contributed by atoms with Crippen molar-refractivity contribution in [1.82, 2.24) is 19.3 Å². The number of rotatable bonds is 13. The van der Waals surface area contributed by atoms with Crippen LogP contribution in [0.25, 0.3) is 38.9 Å². The minimum Gasteiger partial charge on any atom is -0.457 e. The van der Waals surface area contributed by atoms with Crippen LogP contribution in [0.4, 0.5) is 0 Å². The fraction of sp³-hybridized carbons (Fsp3) is 0.362. The average molecular weight is 691 g/mol. The molecule has 268 valence electrons. The molecule has 0 unspecified atom stereocenters. The van der Waals surface area contributed by atoms with Crippen LogP contribution >= 0.6 is 0 Å². The number of hydrogen-bond acceptors (Lipinski definition) is 3. The van der Waals surface area contributed by atoms with E-state index in [4.69, 9.17) is 14.8 Å². The van der Waals surface area contributed by atoms with Gasteiger partial charge in [-0.15, -0.1) is 0 Å². The van der Waals surface area contributed by atoms with Gasteiger partial charge in [0.2, 0.25) is 0 Å². The molecule has 0 aliphatic heterocycles. The van der Waals surface area contributed by atoms with Gasteiger partial charge in [0.15, 0.2) is 0 Å². The van der Waals surface area contributed by atoms with Crippen molar-refractivity contribution in [2.45, 2.75) is 105 Å². The smallest absolute Gasteiger partial charge is 0.137 e. The second-order valence-electron chi connectivity index (χ2n) is 15.0. The Morgan fingerprint density at radius 3 is 2.44 bits per heavy atom. The second kappa shape index (κ2) is 15.4. The highest BCUT2D eigenvalue weighted by Gasteiger charge is 2.31. The monoisotopic (exact) mass is 690 g/mol. The van der Waals surface area contributed by atoms with Gasteiger partial charge >= 0.3 is 0 Å². The number of ether oxygens (including phenoxy) is 1. The minimum atomic E-state index is 0.408. The molecular weight excluding hydrogens is 637 g/mol. The Labute approximate surface area is 310 Å². The van der Waals surface area contributed by atoms with Gasteiger partial charge in [0.05, 0.1) is 22.4 Å². The Morgan fingerprint density at radius 2 is 1.67 bits per heavy atom. The van der Waals surface area contributed by atoms with E-state index in [-0.39, 0.29) is 0 Å². The summed E-state index contributed by atoms with van der Waals surface area (Å²) in [4.78, 5) is 4.87. The van der Waals surface area contributed by atoms with Crippen LogP contribution in [0.1, 0.15) is 114 Å². The van der Waals surface area contributed by atoms with E-state index < -0.39 is 0 Å². The van der Waals surface area contributed by atoms with Gasteiger partial charge in [-0.25, -0.2) is 9.67 Å². The summed E-state index contributed by atoms with van der Waals surface area (Å²) in [6, 6.07) is 25.9. The van der Waals surface area contributed by atoms with Crippen LogP contribution in [-0.4, -0.2) is 19.3 Å². The summed E-state index contributed by atoms with van der Waals surface area (Å²) in [5, 5.41) is 7.79. The van der Waals surface area contributed by atoms with Crippen LogP contribution < -0.4 is 4.74 Å². The molecule has 5 nitrogen and oxygen atoms in total. The topological polar surface area (TPSA) is 44.9 Å². The summed E-state index contributed by atoms with van der Waals surface area (Å²) in [7, 11) is 0. The Hall–Kier alpha value is -4.90. The third-order valence-electron chi connectivity index (χ3n) is 10.9. The zero-order valence-corrected chi connectivity index (χ0v) is 32.0. The Kier molecular flexibility index (Phi) is 10.5. The summed E-state index contributed by atoms with van der Waals surface area (Å²) in [5.74, 6) is 3.49. The lowest BCUT2D eigenvalue weighted by molar-refractivity contribution is 0.445. The van der Waals surface area contributed by atoms with Gasteiger partial charge in [-0.3, -0.25) is 4.57 Å². The predicted octanol–water partition coefficient (Wildman–Crippen LogP) is 12.9. The van der Waals surface area contributed by atoms with Crippen LogP contribution in [0.5, 0.6) is 11.5 Å². The van der Waals surface area contributed by atoms with Crippen LogP contribution in [0.2, 0.25) is 0 Å². The Bertz CT molecular complexity index is 2270. The number of nitrogens with zero attached hydrogens (tertiary/aromatic N) is 4. The average Bonchev–Trinajstić information content (AvgIpc) is 3.66. The van der Waals surface area contributed by atoms with E-state index in [1.165, 1.54) is 58.1 Å². The molecular formula is C47H54N4O. The van der Waals surface area contributed by atoms with E-state index in [0.717, 1.165) is 83.7 Å². The molecule has 0 fully saturated rings. The molecule has 0 bridgehead atoms. The molecule has 3 heterocycles. The maximum absolute atomic E-state index is 6.81. The molecule has 7 rings (SSSR count). The van der Waals surface area contributed by atoms with Gasteiger partial charge in [0.1, 0.15) is 17.3 Å². The fourth-order valence-corrected chi connectivity index (χ4v) is 8.34. The molecule has 2 atom stereocenters. The van der Waals surface area contributed by atoms with Gasteiger partial charge < -0.3 is 4.74 Å². The summed E-state index contributed by atoms with van der Waals surface area (Å²) < 4.78 is 11.3. The lowest BCUT2D eigenvalue weighted by Gasteiger charge is -2.30. The molecule has 0 saturated carbocycles. The molecule has 0 saturated heterocycles. The number of aryl methyl sites for hydroxylation is 2. The summed E-state index contributed by atoms with van der Waals surface area (Å²) in [5.41, 5.74) is 12.1. The highest BCUT2D eigenvalue weighted by Crippen LogP contribution is 2.43. The number of allylic oxidation sites excluding steroid dienone is 3. The zero-order chi connectivity index (χ0) is 36.4. The SMILES string of the molecule is C=C(C)c1cc(Oc2ccc3c4ccccc4n(-c4cc(CCCC)ccn4)c3c2)cc(-n2nc(CCC)c([C@H]3C(C)=CCC[C@@H]3C)c2CCC)c1. The summed E-state index contributed by atoms with van der Waals surface area (Å²) in [6.07, 6.45) is 14.2. The number of aromatic nitrogens is 4. The standard InChI is InChI=1S/C47H54N4O/c1-8-11-19-34-24-25-48-45(26-34)50-42-21-13-12-20-39(42)40-23-22-37(30-44(40)50)52-38-28-35(31(4)5)27-36(29-38)51-43(16-10-3)47(41(49-51)15-9-2)46-32(6)17-14-18-33(46)7/h12-13,17,20-30,33,46H,4,8-11,14-16,18-19H2,1-3,5-7H3/t33-,46-/m0/s1. The molecule has 6 aromatic rings. The van der Waals surface area contributed by atoms with Crippen LogP contribution in [0.3, 0.4) is 0 Å². The minimum absolute atomic E-state index is 0.408. The predicted molar refractivity (Wildman–Crippen MR) is 218 cm³/mol. The molecule has 3 aromatic heterocycles. The van der Waals surface area contributed by atoms with Crippen molar-refractivity contribution in [1.29, 1.82) is 0 Å². The molecule has 0 amide bonds. The molecule has 3 aromatic carbocycles. The third-order valence-corrected chi connectivity index (χ3v) is 10.9. The van der Waals surface area contributed by atoms with Crippen molar-refractivity contribution in [2.24, 2.45) is 5.92 Å². The third kappa shape index (κ3) is 6.86. The van der Waals surface area contributed by atoms with Gasteiger partial charge in [-0.2, -0.15) is 5.10 Å². The fourth-order valence-electron chi connectivity index (χ4n) is 8.34.